The molecule has 0 N–H and O–H groups in total. The summed E-state index contributed by atoms with van der Waals surface area (Å²) >= 11 is 2.13. The lowest BCUT2D eigenvalue weighted by Crippen LogP contribution is -2.41. The molecular formula is C50H56BF2IN2O6. The molecule has 3 aliphatic rings. The monoisotopic (exact) mass is 956 g/mol. The van der Waals surface area contributed by atoms with Gasteiger partial charge < -0.3 is 27.9 Å². The van der Waals surface area contributed by atoms with Crippen molar-refractivity contribution in [3.63, 3.8) is 0 Å². The van der Waals surface area contributed by atoms with Crippen LogP contribution in [0.25, 0.3) is 33.1 Å². The summed E-state index contributed by atoms with van der Waals surface area (Å²) in [7, 11) is 6.45. The molecule has 0 atom stereocenters. The van der Waals surface area contributed by atoms with E-state index in [0.717, 1.165) is 31.5 Å². The number of fused-ring (bicyclic) bond motifs is 2. The number of carbonyl (C=O) groups is 2. The van der Waals surface area contributed by atoms with E-state index >= 15 is 0 Å². The van der Waals surface area contributed by atoms with Crippen LogP contribution in [0.2, 0.25) is 0 Å². The van der Waals surface area contributed by atoms with Gasteiger partial charge in [0.1, 0.15) is 11.6 Å². The van der Waals surface area contributed by atoms with Crippen molar-refractivity contribution in [1.29, 1.82) is 0 Å². The van der Waals surface area contributed by atoms with E-state index in [1.165, 1.54) is 112 Å². The van der Waals surface area contributed by atoms with Crippen LogP contribution in [0.15, 0.2) is 84.9 Å². The number of carbonyl (C=O) groups excluding carboxylic acids is 2. The molecule has 1 aliphatic heterocycles. The molecule has 2 saturated carbocycles. The summed E-state index contributed by atoms with van der Waals surface area (Å²) in [6.45, 7) is 8.33. The Balaban J connectivity index is 0.000000159. The Morgan fingerprint density at radius 1 is 0.645 bits per heavy atom. The van der Waals surface area contributed by atoms with Crippen molar-refractivity contribution in [3.05, 3.63) is 122 Å². The van der Waals surface area contributed by atoms with Crippen molar-refractivity contribution in [3.8, 4) is 11.3 Å². The number of aryl methyl sites for hydroxylation is 2. The summed E-state index contributed by atoms with van der Waals surface area (Å²) in [6, 6.07) is 24.6. The Bertz CT molecular complexity index is 2530. The first kappa shape index (κ1) is 45.5. The fourth-order valence-electron chi connectivity index (χ4n) is 9.34. The molecule has 0 radical (unpaired) electrons. The van der Waals surface area contributed by atoms with Gasteiger partial charge in [-0.2, -0.15) is 0 Å². The van der Waals surface area contributed by atoms with E-state index in [0.29, 0.717) is 23.0 Å². The molecule has 0 amide bonds. The first-order valence-corrected chi connectivity index (χ1v) is 22.6. The first-order valence-electron chi connectivity index (χ1n) is 21.5. The predicted octanol–water partition coefficient (Wildman–Crippen LogP) is 11.8. The van der Waals surface area contributed by atoms with Crippen LogP contribution in [0.3, 0.4) is 0 Å². The van der Waals surface area contributed by atoms with Gasteiger partial charge in [0.15, 0.2) is 0 Å². The fourth-order valence-corrected chi connectivity index (χ4v) is 9.70. The maximum absolute atomic E-state index is 13.4. The molecule has 0 spiro atoms. The van der Waals surface area contributed by atoms with Gasteiger partial charge >= 0.3 is 19.1 Å². The summed E-state index contributed by atoms with van der Waals surface area (Å²) in [5, 5.41) is 2.36. The minimum absolute atomic E-state index is 0.176. The maximum Gasteiger partial charge on any atom is 0.512 e. The number of halogens is 3. The average molecular weight is 957 g/mol. The molecule has 0 unspecified atom stereocenters. The van der Waals surface area contributed by atoms with Crippen LogP contribution in [0.4, 0.5) is 8.78 Å². The lowest BCUT2D eigenvalue weighted by atomic mass is 9.77. The summed E-state index contributed by atoms with van der Waals surface area (Å²) in [5.41, 5.74) is 8.22. The second kappa shape index (κ2) is 18.7. The molecule has 12 heteroatoms. The maximum atomic E-state index is 13.4. The van der Waals surface area contributed by atoms with Crippen molar-refractivity contribution >= 4 is 69.0 Å². The highest BCUT2D eigenvalue weighted by molar-refractivity contribution is 14.1. The number of methoxy groups -OCH3 is 2. The molecule has 4 aromatic carbocycles. The van der Waals surface area contributed by atoms with Crippen molar-refractivity contribution in [2.45, 2.75) is 102 Å². The second-order valence-corrected chi connectivity index (χ2v) is 18.9. The third-order valence-electron chi connectivity index (χ3n) is 13.3. The van der Waals surface area contributed by atoms with E-state index in [9.17, 15) is 18.4 Å². The van der Waals surface area contributed by atoms with Gasteiger partial charge in [0.25, 0.3) is 0 Å². The number of aromatic nitrogens is 2. The minimum atomic E-state index is -0.417. The van der Waals surface area contributed by atoms with Crippen LogP contribution in [-0.4, -0.2) is 53.6 Å². The molecule has 1 saturated heterocycles. The minimum Gasteiger partial charge on any atom is -0.465 e. The Kier molecular flexibility index (Phi) is 13.7. The number of nitrogens with zero attached hydrogens (tertiary/aromatic N) is 2. The highest BCUT2D eigenvalue weighted by Gasteiger charge is 2.54. The molecule has 9 rings (SSSR count). The topological polar surface area (TPSA) is 80.9 Å². The van der Waals surface area contributed by atoms with Crippen LogP contribution in [-0.2, 0) is 32.9 Å². The fraction of sp³-hybridized carbons (Fsp3) is 0.400. The average Bonchev–Trinajstić information content (AvgIpc) is 4.11. The van der Waals surface area contributed by atoms with Crippen LogP contribution in [0.1, 0.15) is 123 Å². The predicted molar refractivity (Wildman–Crippen MR) is 251 cm³/mol. The van der Waals surface area contributed by atoms with E-state index in [4.69, 9.17) is 18.8 Å². The largest absolute Gasteiger partial charge is 0.512 e. The third-order valence-corrected chi connectivity index (χ3v) is 14.0. The number of esters is 2. The lowest BCUT2D eigenvalue weighted by Gasteiger charge is -2.32. The SMILES string of the molecule is COC(=O)c1ccc2c(C3CCCC3)c(-c3ccc(F)cc3)n(C)c2c1.COC(=O)c1ccc2c(C3CCCC3)c(B3OC(C)(C)C(C)(C)O3)n(C)c2c1.Fc1ccc(I)cc1. The molecule has 0 bridgehead atoms. The van der Waals surface area contributed by atoms with Gasteiger partial charge in [-0.3, -0.25) is 0 Å². The van der Waals surface area contributed by atoms with Gasteiger partial charge in [0.2, 0.25) is 0 Å². The second-order valence-electron chi connectivity index (χ2n) is 17.6. The van der Waals surface area contributed by atoms with Gasteiger partial charge in [0.05, 0.1) is 47.8 Å². The third kappa shape index (κ3) is 9.10. The molecule has 3 heterocycles. The number of hydrogen-bond donors (Lipinski definition) is 0. The van der Waals surface area contributed by atoms with Crippen molar-refractivity contribution in [2.75, 3.05) is 14.2 Å². The Hall–Kier alpha value is -4.53. The van der Waals surface area contributed by atoms with Gasteiger partial charge in [-0.05, 0) is 177 Å². The Morgan fingerprint density at radius 3 is 1.52 bits per heavy atom. The van der Waals surface area contributed by atoms with Crippen molar-refractivity contribution in [2.24, 2.45) is 14.1 Å². The zero-order valence-corrected chi connectivity index (χ0v) is 39.1. The highest BCUT2D eigenvalue weighted by Crippen LogP contribution is 2.45. The van der Waals surface area contributed by atoms with Crippen LogP contribution in [0, 0.1) is 15.2 Å². The van der Waals surface area contributed by atoms with Gasteiger partial charge in [-0.15, -0.1) is 0 Å². The van der Waals surface area contributed by atoms with Gasteiger partial charge in [-0.25, -0.2) is 18.4 Å². The molecule has 2 aliphatic carbocycles. The Morgan fingerprint density at radius 2 is 1.06 bits per heavy atom. The standard InChI is InChI=1S/C22H30BNO4.C22H22FNO2.C6H4FI/c1-21(2)22(3,4)28-23(27-21)19-18(14-9-7-8-10-14)16-12-11-15(20(25)26-6)13-17(16)24(19)5;1-24-19-13-16(22(25)26-2)9-12-18(19)20(14-5-3-4-6-14)21(24)15-7-10-17(23)11-8-15;7-5-1-3-6(8)4-2-5/h11-14H,7-10H2,1-6H3;7-14H,3-6H2,1-2H3;1-4H. The summed E-state index contributed by atoms with van der Waals surface area (Å²) in [6.07, 6.45) is 9.70. The highest BCUT2D eigenvalue weighted by atomic mass is 127. The quantitative estimate of drug-likeness (QED) is 0.0940. The number of rotatable bonds is 6. The number of benzene rings is 4. The van der Waals surface area contributed by atoms with E-state index in [-0.39, 0.29) is 23.6 Å². The number of ether oxygens (including phenoxy) is 2. The summed E-state index contributed by atoms with van der Waals surface area (Å²) in [4.78, 5) is 24.0. The van der Waals surface area contributed by atoms with Gasteiger partial charge in [0, 0.05) is 39.5 Å². The van der Waals surface area contributed by atoms with Crippen molar-refractivity contribution < 1.29 is 37.2 Å². The zero-order valence-electron chi connectivity index (χ0n) is 36.9. The molecule has 3 fully saturated rings. The lowest BCUT2D eigenvalue weighted by molar-refractivity contribution is 0.00578. The van der Waals surface area contributed by atoms with E-state index < -0.39 is 18.3 Å². The normalized spacial score (nSPS) is 17.2. The van der Waals surface area contributed by atoms with Crippen molar-refractivity contribution in [1.82, 2.24) is 9.13 Å². The molecule has 62 heavy (non-hydrogen) atoms. The van der Waals surface area contributed by atoms with Crippen LogP contribution < -0.4 is 5.59 Å². The van der Waals surface area contributed by atoms with Crippen LogP contribution in [0.5, 0.6) is 0 Å². The first-order chi connectivity index (χ1) is 29.5. The summed E-state index contributed by atoms with van der Waals surface area (Å²) in [5.74, 6) is -0.0562. The molecule has 2 aromatic heterocycles. The summed E-state index contributed by atoms with van der Waals surface area (Å²) < 4.78 is 53.5. The van der Waals surface area contributed by atoms with E-state index in [1.54, 1.807) is 12.1 Å². The Labute approximate surface area is 377 Å². The van der Waals surface area contributed by atoms with Gasteiger partial charge in [-0.1, -0.05) is 37.8 Å². The molecular weight excluding hydrogens is 900 g/mol. The van der Waals surface area contributed by atoms with E-state index in [2.05, 4.69) is 65.5 Å². The number of hydrogen-bond acceptors (Lipinski definition) is 6. The van der Waals surface area contributed by atoms with Crippen LogP contribution >= 0.6 is 22.6 Å². The molecule has 6 aromatic rings. The smallest absolute Gasteiger partial charge is 0.465 e. The molecule has 8 nitrogen and oxygen atoms in total. The van der Waals surface area contributed by atoms with E-state index in [1.807, 2.05) is 56.6 Å². The zero-order chi connectivity index (χ0) is 44.5. The molecule has 326 valence electrons.